The van der Waals surface area contributed by atoms with Crippen LogP contribution < -0.4 is 0 Å². The third-order valence-corrected chi connectivity index (χ3v) is 6.80. The molecule has 0 N–H and O–H groups in total. The summed E-state index contributed by atoms with van der Waals surface area (Å²) in [6.07, 6.45) is 5.34. The fourth-order valence-electron chi connectivity index (χ4n) is 4.41. The summed E-state index contributed by atoms with van der Waals surface area (Å²) < 4.78 is 2.05. The highest BCUT2D eigenvalue weighted by Crippen LogP contribution is 2.28. The molecule has 6 nitrogen and oxygen atoms in total. The Morgan fingerprint density at radius 2 is 1.89 bits per heavy atom. The van der Waals surface area contributed by atoms with E-state index in [-0.39, 0.29) is 0 Å². The molecule has 0 atom stereocenters. The third kappa shape index (κ3) is 4.04. The van der Waals surface area contributed by atoms with Gasteiger partial charge in [0, 0.05) is 26.1 Å². The van der Waals surface area contributed by atoms with Crippen LogP contribution in [0.25, 0.3) is 4.96 Å². The van der Waals surface area contributed by atoms with E-state index in [1.807, 2.05) is 6.92 Å². The van der Waals surface area contributed by atoms with Gasteiger partial charge in [-0.15, -0.1) is 0 Å². The average molecular weight is 390 g/mol. The lowest BCUT2D eigenvalue weighted by molar-refractivity contribution is -0.131. The molecule has 7 heteroatoms. The zero-order chi connectivity index (χ0) is 19.0. The van der Waals surface area contributed by atoms with Crippen LogP contribution in [0, 0.1) is 12.8 Å². The molecule has 2 aliphatic rings. The molecular formula is C20H31N5OS. The number of nitrogens with zero attached hydrogens (tertiary/aromatic N) is 5. The van der Waals surface area contributed by atoms with E-state index in [1.165, 1.54) is 24.2 Å². The minimum atomic E-state index is 0.378. The molecule has 0 aromatic carbocycles. The van der Waals surface area contributed by atoms with Gasteiger partial charge in [-0.05, 0) is 57.5 Å². The van der Waals surface area contributed by atoms with Crippen LogP contribution in [0.4, 0.5) is 0 Å². The van der Waals surface area contributed by atoms with E-state index in [4.69, 9.17) is 4.98 Å². The van der Waals surface area contributed by atoms with Gasteiger partial charge in [0.2, 0.25) is 10.9 Å². The van der Waals surface area contributed by atoms with E-state index in [9.17, 15) is 4.79 Å². The highest BCUT2D eigenvalue weighted by Gasteiger charge is 2.27. The molecule has 4 rings (SSSR count). The Balaban J connectivity index is 1.37. The molecule has 2 aromatic heterocycles. The van der Waals surface area contributed by atoms with Gasteiger partial charge >= 0.3 is 0 Å². The normalized spacial score (nSPS) is 19.6. The number of amides is 1. The van der Waals surface area contributed by atoms with Gasteiger partial charge in [-0.3, -0.25) is 9.69 Å². The van der Waals surface area contributed by atoms with E-state index in [2.05, 4.69) is 33.3 Å². The monoisotopic (exact) mass is 389 g/mol. The van der Waals surface area contributed by atoms with E-state index in [0.717, 1.165) is 62.0 Å². The highest BCUT2D eigenvalue weighted by atomic mass is 32.1. The number of likely N-dealkylation sites (tertiary alicyclic amines) is 2. The second-order valence-corrected chi connectivity index (χ2v) is 9.59. The smallest absolute Gasteiger partial charge is 0.222 e. The molecule has 1 amide bonds. The van der Waals surface area contributed by atoms with E-state index in [0.29, 0.717) is 17.7 Å². The fraction of sp³-hybridized carbons (Fsp3) is 0.750. The first-order valence-corrected chi connectivity index (χ1v) is 11.2. The quantitative estimate of drug-likeness (QED) is 0.786. The number of carbonyl (C=O) groups excluding carboxylic acids is 1. The van der Waals surface area contributed by atoms with Crippen molar-refractivity contribution in [2.24, 2.45) is 5.92 Å². The van der Waals surface area contributed by atoms with Crippen LogP contribution in [0.5, 0.6) is 0 Å². The first kappa shape index (κ1) is 18.9. The number of rotatable bonds is 5. The van der Waals surface area contributed by atoms with Crippen molar-refractivity contribution in [1.82, 2.24) is 24.4 Å². The Morgan fingerprint density at radius 1 is 1.19 bits per heavy atom. The lowest BCUT2D eigenvalue weighted by Crippen LogP contribution is -2.36. The summed E-state index contributed by atoms with van der Waals surface area (Å²) in [6, 6.07) is 0. The molecule has 4 heterocycles. The summed E-state index contributed by atoms with van der Waals surface area (Å²) in [5, 5.41) is 5.74. The minimum Gasteiger partial charge on any atom is -0.343 e. The van der Waals surface area contributed by atoms with E-state index in [1.54, 1.807) is 11.3 Å². The lowest BCUT2D eigenvalue weighted by Gasteiger charge is -2.32. The molecule has 0 bridgehead atoms. The summed E-state index contributed by atoms with van der Waals surface area (Å²) in [5.74, 6) is 1.33. The van der Waals surface area contributed by atoms with Gasteiger partial charge in [0.25, 0.3) is 0 Å². The number of imidazole rings is 1. The van der Waals surface area contributed by atoms with Crippen molar-refractivity contribution in [2.75, 3.05) is 26.2 Å². The highest BCUT2D eigenvalue weighted by molar-refractivity contribution is 7.16. The van der Waals surface area contributed by atoms with Gasteiger partial charge < -0.3 is 4.90 Å². The molecule has 0 unspecified atom stereocenters. The lowest BCUT2D eigenvalue weighted by atomic mass is 9.92. The van der Waals surface area contributed by atoms with Crippen LogP contribution >= 0.6 is 11.3 Å². The van der Waals surface area contributed by atoms with E-state index >= 15 is 0 Å². The molecule has 2 saturated heterocycles. The Kier molecular flexibility index (Phi) is 5.50. The van der Waals surface area contributed by atoms with Gasteiger partial charge in [-0.25, -0.2) is 9.50 Å². The van der Waals surface area contributed by atoms with Gasteiger partial charge in [0.1, 0.15) is 5.01 Å². The minimum absolute atomic E-state index is 0.378. The third-order valence-electron chi connectivity index (χ3n) is 5.98. The summed E-state index contributed by atoms with van der Waals surface area (Å²) in [5.41, 5.74) is 2.43. The van der Waals surface area contributed by atoms with Gasteiger partial charge in [0.05, 0.1) is 11.4 Å². The number of fused-ring (bicyclic) bond motifs is 1. The molecule has 2 fully saturated rings. The maximum Gasteiger partial charge on any atom is 0.222 e. The number of carbonyl (C=O) groups is 1. The first-order valence-electron chi connectivity index (χ1n) is 10.4. The number of aromatic nitrogens is 3. The molecule has 0 radical (unpaired) electrons. The van der Waals surface area contributed by atoms with Crippen molar-refractivity contribution in [3.63, 3.8) is 0 Å². The second kappa shape index (κ2) is 7.87. The molecule has 148 valence electrons. The van der Waals surface area contributed by atoms with Gasteiger partial charge in [0.15, 0.2) is 0 Å². The zero-order valence-corrected chi connectivity index (χ0v) is 17.6. The SMILES string of the molecule is Cc1nn2c(CN3CCC(CC(=O)N4CCCC4)CC3)c(C(C)C)nc2s1. The first-order chi connectivity index (χ1) is 13.0. The summed E-state index contributed by atoms with van der Waals surface area (Å²) >= 11 is 1.67. The van der Waals surface area contributed by atoms with Gasteiger partial charge in [-0.1, -0.05) is 25.2 Å². The summed E-state index contributed by atoms with van der Waals surface area (Å²) in [7, 11) is 0. The Bertz CT molecular complexity index is 797. The van der Waals surface area contributed by atoms with Crippen LogP contribution in [0.3, 0.4) is 0 Å². The molecule has 2 aromatic rings. The molecule has 0 aliphatic carbocycles. The molecule has 0 spiro atoms. The zero-order valence-electron chi connectivity index (χ0n) is 16.8. The predicted molar refractivity (Wildman–Crippen MR) is 108 cm³/mol. The fourth-order valence-corrected chi connectivity index (χ4v) is 5.18. The second-order valence-electron chi connectivity index (χ2n) is 8.43. The molecule has 2 aliphatic heterocycles. The topological polar surface area (TPSA) is 53.7 Å². The van der Waals surface area contributed by atoms with Crippen LogP contribution in [0.15, 0.2) is 0 Å². The van der Waals surface area contributed by atoms with Crippen molar-refractivity contribution < 1.29 is 4.79 Å². The Labute approximate surface area is 165 Å². The van der Waals surface area contributed by atoms with Crippen molar-refractivity contribution in [3.05, 3.63) is 16.4 Å². The molecule has 27 heavy (non-hydrogen) atoms. The standard InChI is InChI=1S/C20H31N5OS/c1-14(2)19-17(25-20(21-19)27-15(3)22-25)13-23-10-6-16(7-11-23)12-18(26)24-8-4-5-9-24/h14,16H,4-13H2,1-3H3. The Hall–Kier alpha value is -1.47. The van der Waals surface area contributed by atoms with Crippen LogP contribution in [-0.4, -0.2) is 56.5 Å². The Morgan fingerprint density at radius 3 is 2.56 bits per heavy atom. The maximum atomic E-state index is 12.4. The molecular weight excluding hydrogens is 358 g/mol. The van der Waals surface area contributed by atoms with Crippen LogP contribution in [-0.2, 0) is 11.3 Å². The van der Waals surface area contributed by atoms with Crippen molar-refractivity contribution in [2.45, 2.75) is 65.3 Å². The largest absolute Gasteiger partial charge is 0.343 e. The number of hydrogen-bond donors (Lipinski definition) is 0. The van der Waals surface area contributed by atoms with Crippen molar-refractivity contribution >= 4 is 22.2 Å². The van der Waals surface area contributed by atoms with Crippen molar-refractivity contribution in [1.29, 1.82) is 0 Å². The number of piperidine rings is 1. The summed E-state index contributed by atoms with van der Waals surface area (Å²) in [6.45, 7) is 11.4. The number of hydrogen-bond acceptors (Lipinski definition) is 5. The van der Waals surface area contributed by atoms with Crippen LogP contribution in [0.2, 0.25) is 0 Å². The van der Waals surface area contributed by atoms with Crippen molar-refractivity contribution in [3.8, 4) is 0 Å². The van der Waals surface area contributed by atoms with E-state index < -0.39 is 0 Å². The summed E-state index contributed by atoms with van der Waals surface area (Å²) in [4.78, 5) is 22.8. The number of aryl methyl sites for hydroxylation is 1. The molecule has 0 saturated carbocycles. The van der Waals surface area contributed by atoms with Gasteiger partial charge in [-0.2, -0.15) is 5.10 Å². The predicted octanol–water partition coefficient (Wildman–Crippen LogP) is 3.45. The maximum absolute atomic E-state index is 12.4. The average Bonchev–Trinajstić information content (AvgIpc) is 3.34. The van der Waals surface area contributed by atoms with Crippen LogP contribution in [0.1, 0.15) is 68.3 Å².